The molecule has 4 rings (SSSR count). The summed E-state index contributed by atoms with van der Waals surface area (Å²) < 4.78 is 18.4. The molecule has 0 fully saturated rings. The third kappa shape index (κ3) is 5.52. The van der Waals surface area contributed by atoms with Crippen LogP contribution in [0.5, 0.6) is 17.2 Å². The third-order valence-electron chi connectivity index (χ3n) is 5.13. The second kappa shape index (κ2) is 11.7. The number of para-hydroxylation sites is 1. The lowest BCUT2D eigenvalue weighted by Crippen LogP contribution is -2.21. The van der Waals surface area contributed by atoms with E-state index in [0.717, 1.165) is 16.3 Å². The maximum absolute atomic E-state index is 12.5. The smallest absolute Gasteiger partial charge is 0.250 e. The molecule has 2 aromatic carbocycles. The van der Waals surface area contributed by atoms with Gasteiger partial charge in [-0.1, -0.05) is 36.0 Å². The first-order valence-corrected chi connectivity index (χ1v) is 12.7. The minimum atomic E-state index is -0.243. The molecule has 2 heterocycles. The Morgan fingerprint density at radius 1 is 1.03 bits per heavy atom. The van der Waals surface area contributed by atoms with E-state index < -0.39 is 0 Å². The van der Waals surface area contributed by atoms with Crippen molar-refractivity contribution >= 4 is 34.7 Å². The molecule has 0 aliphatic carbocycles. The Bertz CT molecular complexity index is 1330. The van der Waals surface area contributed by atoms with Gasteiger partial charge in [-0.2, -0.15) is 5.10 Å². The molecule has 0 spiro atoms. The molecular weight excluding hydrogens is 498 g/mol. The number of carbonyl (C=O) groups is 1. The molecule has 36 heavy (non-hydrogen) atoms. The van der Waals surface area contributed by atoms with Gasteiger partial charge < -0.3 is 14.2 Å². The van der Waals surface area contributed by atoms with E-state index in [0.29, 0.717) is 33.8 Å². The topological polar surface area (TPSA) is 99.9 Å². The summed E-state index contributed by atoms with van der Waals surface area (Å²) >= 11 is 2.83. The van der Waals surface area contributed by atoms with Crippen molar-refractivity contribution < 1.29 is 19.0 Å². The van der Waals surface area contributed by atoms with Crippen molar-refractivity contribution in [2.75, 3.05) is 27.1 Å². The Labute approximate surface area is 217 Å². The second-order valence-electron chi connectivity index (χ2n) is 7.39. The number of hydrogen-bond donors (Lipinski definition) is 1. The van der Waals surface area contributed by atoms with Gasteiger partial charge in [-0.25, -0.2) is 5.43 Å². The molecule has 0 atom stereocenters. The van der Waals surface area contributed by atoms with E-state index in [2.05, 4.69) is 20.7 Å². The first-order chi connectivity index (χ1) is 17.5. The lowest BCUT2D eigenvalue weighted by molar-refractivity contribution is -0.118. The summed E-state index contributed by atoms with van der Waals surface area (Å²) in [6.07, 6.45) is 0. The Morgan fingerprint density at radius 2 is 1.75 bits per heavy atom. The molecule has 1 N–H and O–H groups in total. The van der Waals surface area contributed by atoms with E-state index in [1.807, 2.05) is 71.5 Å². The van der Waals surface area contributed by atoms with E-state index in [1.165, 1.54) is 11.8 Å². The van der Waals surface area contributed by atoms with Gasteiger partial charge in [0.25, 0.3) is 5.91 Å². The fourth-order valence-corrected chi connectivity index (χ4v) is 4.84. The van der Waals surface area contributed by atoms with Crippen molar-refractivity contribution in [3.63, 3.8) is 0 Å². The van der Waals surface area contributed by atoms with Crippen LogP contribution in [0.1, 0.15) is 11.8 Å². The number of thiophene rings is 1. The van der Waals surface area contributed by atoms with Gasteiger partial charge in [0, 0.05) is 16.1 Å². The van der Waals surface area contributed by atoms with Crippen LogP contribution in [0.3, 0.4) is 0 Å². The largest absolute Gasteiger partial charge is 0.493 e. The lowest BCUT2D eigenvalue weighted by Gasteiger charge is -2.15. The number of aromatic nitrogens is 3. The molecule has 0 aliphatic heterocycles. The normalized spacial score (nSPS) is 11.3. The first kappa shape index (κ1) is 25.3. The number of benzene rings is 2. The summed E-state index contributed by atoms with van der Waals surface area (Å²) in [7, 11) is 4.68. The zero-order valence-corrected chi connectivity index (χ0v) is 21.9. The van der Waals surface area contributed by atoms with Crippen LogP contribution in [0.25, 0.3) is 17.1 Å². The lowest BCUT2D eigenvalue weighted by atomic mass is 10.1. The van der Waals surface area contributed by atoms with E-state index in [-0.39, 0.29) is 11.7 Å². The maximum Gasteiger partial charge on any atom is 0.250 e. The van der Waals surface area contributed by atoms with Gasteiger partial charge in [0.15, 0.2) is 22.5 Å². The molecule has 0 unspecified atom stereocenters. The number of ether oxygens (including phenoxy) is 3. The molecule has 186 valence electrons. The number of amides is 1. The Morgan fingerprint density at radius 3 is 2.36 bits per heavy atom. The number of thioether (sulfide) groups is 1. The average molecular weight is 524 g/mol. The predicted molar refractivity (Wildman–Crippen MR) is 142 cm³/mol. The number of carbonyl (C=O) groups excluding carboxylic acids is 1. The van der Waals surface area contributed by atoms with Crippen molar-refractivity contribution in [3.8, 4) is 34.3 Å². The predicted octanol–water partition coefficient (Wildman–Crippen LogP) is 4.65. The Kier molecular flexibility index (Phi) is 8.24. The molecule has 4 aromatic rings. The van der Waals surface area contributed by atoms with E-state index >= 15 is 0 Å². The number of nitrogens with zero attached hydrogens (tertiary/aromatic N) is 4. The van der Waals surface area contributed by atoms with Gasteiger partial charge in [-0.15, -0.1) is 21.5 Å². The fourth-order valence-electron chi connectivity index (χ4n) is 3.42. The molecule has 2 aromatic heterocycles. The van der Waals surface area contributed by atoms with Gasteiger partial charge in [0.05, 0.1) is 32.8 Å². The summed E-state index contributed by atoms with van der Waals surface area (Å²) in [5.74, 6) is 1.92. The van der Waals surface area contributed by atoms with E-state index in [9.17, 15) is 4.79 Å². The molecule has 9 nitrogen and oxygen atoms in total. The van der Waals surface area contributed by atoms with Gasteiger partial charge >= 0.3 is 0 Å². The highest BCUT2D eigenvalue weighted by molar-refractivity contribution is 7.99. The van der Waals surface area contributed by atoms with Crippen molar-refractivity contribution in [1.29, 1.82) is 0 Å². The van der Waals surface area contributed by atoms with Gasteiger partial charge in [-0.05, 0) is 42.6 Å². The quantitative estimate of drug-likeness (QED) is 0.183. The van der Waals surface area contributed by atoms with Crippen LogP contribution in [0.2, 0.25) is 0 Å². The summed E-state index contributed by atoms with van der Waals surface area (Å²) in [4.78, 5) is 13.5. The number of methoxy groups -OCH3 is 3. The van der Waals surface area contributed by atoms with Crippen LogP contribution >= 0.6 is 23.1 Å². The number of rotatable bonds is 10. The Hall–Kier alpha value is -3.83. The van der Waals surface area contributed by atoms with Crippen LogP contribution in [-0.2, 0) is 4.79 Å². The van der Waals surface area contributed by atoms with Crippen LogP contribution < -0.4 is 19.6 Å². The minimum Gasteiger partial charge on any atom is -0.493 e. The zero-order chi connectivity index (χ0) is 25.5. The third-order valence-corrected chi connectivity index (χ3v) is 7.04. The van der Waals surface area contributed by atoms with Gasteiger partial charge in [-0.3, -0.25) is 9.36 Å². The number of nitrogens with one attached hydrogen (secondary N) is 1. The van der Waals surface area contributed by atoms with Gasteiger partial charge in [0.2, 0.25) is 5.75 Å². The second-order valence-corrected chi connectivity index (χ2v) is 9.28. The maximum atomic E-state index is 12.5. The van der Waals surface area contributed by atoms with Crippen LogP contribution in [0.4, 0.5) is 0 Å². The van der Waals surface area contributed by atoms with Gasteiger partial charge in [0.1, 0.15) is 0 Å². The van der Waals surface area contributed by atoms with Crippen molar-refractivity contribution in [1.82, 2.24) is 20.2 Å². The van der Waals surface area contributed by atoms with Crippen molar-refractivity contribution in [2.24, 2.45) is 5.10 Å². The van der Waals surface area contributed by atoms with E-state index in [4.69, 9.17) is 14.2 Å². The fraction of sp³-hybridized carbons (Fsp3) is 0.200. The molecule has 0 saturated heterocycles. The summed E-state index contributed by atoms with van der Waals surface area (Å²) in [6.45, 7) is 1.86. The molecule has 0 radical (unpaired) electrons. The molecule has 0 aliphatic rings. The molecule has 11 heteroatoms. The highest BCUT2D eigenvalue weighted by Gasteiger charge is 2.21. The monoisotopic (exact) mass is 523 g/mol. The highest BCUT2D eigenvalue weighted by atomic mass is 32.2. The SMILES string of the molecule is COc1cc(-c2nnc(SCC(=O)N/N=C(\C)c3cccs3)n2-c2ccccc2)cc(OC)c1OC. The minimum absolute atomic E-state index is 0.113. The average Bonchev–Trinajstić information content (AvgIpc) is 3.61. The van der Waals surface area contributed by atoms with Crippen molar-refractivity contribution in [3.05, 3.63) is 64.9 Å². The first-order valence-electron chi connectivity index (χ1n) is 10.9. The van der Waals surface area contributed by atoms with Crippen molar-refractivity contribution in [2.45, 2.75) is 12.1 Å². The zero-order valence-electron chi connectivity index (χ0n) is 20.2. The summed E-state index contributed by atoms with van der Waals surface area (Å²) in [5.41, 5.74) is 4.93. The van der Waals surface area contributed by atoms with Crippen LogP contribution in [0, 0.1) is 0 Å². The Balaban J connectivity index is 1.63. The summed E-state index contributed by atoms with van der Waals surface area (Å²) in [6, 6.07) is 17.2. The molecule has 0 saturated carbocycles. The number of hydrazone groups is 1. The highest BCUT2D eigenvalue weighted by Crippen LogP contribution is 2.41. The molecule has 1 amide bonds. The van der Waals surface area contributed by atoms with Crippen LogP contribution in [0.15, 0.2) is 70.2 Å². The standard InChI is InChI=1S/C25H25N5O4S2/c1-16(21-11-8-12-35-21)26-27-22(31)15-36-25-29-28-24(30(25)18-9-6-5-7-10-18)17-13-19(32-2)23(34-4)20(14-17)33-3/h5-14H,15H2,1-4H3,(H,27,31)/b26-16+. The summed E-state index contributed by atoms with van der Waals surface area (Å²) in [5, 5.41) is 15.5. The van der Waals surface area contributed by atoms with Crippen LogP contribution in [-0.4, -0.2) is 53.5 Å². The number of hydrogen-bond acceptors (Lipinski definition) is 9. The van der Waals surface area contributed by atoms with E-state index in [1.54, 1.807) is 32.7 Å². The molecule has 0 bridgehead atoms. The molecular formula is C25H25N5O4S2.